The van der Waals surface area contributed by atoms with Crippen molar-refractivity contribution in [3.8, 4) is 0 Å². The van der Waals surface area contributed by atoms with E-state index in [0.29, 0.717) is 0 Å². The molecule has 0 spiro atoms. The van der Waals surface area contributed by atoms with Gasteiger partial charge >= 0.3 is 0 Å². The van der Waals surface area contributed by atoms with E-state index in [2.05, 4.69) is 30.6 Å². The van der Waals surface area contributed by atoms with E-state index in [1.54, 1.807) is 0 Å². The molecular weight excluding hydrogens is 428 g/mol. The maximum Gasteiger partial charge on any atom is 0.218 e. The Morgan fingerprint density at radius 2 is 1.06 bits per heavy atom. The summed E-state index contributed by atoms with van der Waals surface area (Å²) in [5, 5.41) is 6.04. The van der Waals surface area contributed by atoms with E-state index in [9.17, 15) is 0 Å². The molecule has 0 aliphatic heterocycles. The molecule has 10 heteroatoms. The number of nitrogens with one attached hydrogen (secondary N) is 2. The number of hydrogen-bond acceptors (Lipinski definition) is 2. The monoisotopic (exact) mass is 462 g/mol. The van der Waals surface area contributed by atoms with Gasteiger partial charge in [0, 0.05) is 11.4 Å². The molecule has 10 N–H and O–H groups in total. The standard InChI is InChI=1S/C24H34N10/c1-15-5-3-7-19(13-15)31-23(27)33-21(25)29-17-9-11-18(12-10-17)30-22(26)34-24(28)32-20-8-4-6-16(2)14-20/h3-8,13-14,17-18H,9-12H2,1-2H3,(H5,25,27,29,31,33)(H5,26,28,30,32,34). The predicted molar refractivity (Wildman–Crippen MR) is 142 cm³/mol. The number of benzene rings is 2. The molecule has 0 unspecified atom stereocenters. The minimum atomic E-state index is 0.0692. The van der Waals surface area contributed by atoms with Crippen molar-refractivity contribution in [1.29, 1.82) is 0 Å². The van der Waals surface area contributed by atoms with Crippen LogP contribution >= 0.6 is 0 Å². The normalized spacial score (nSPS) is 20.2. The molecule has 1 fully saturated rings. The van der Waals surface area contributed by atoms with Gasteiger partial charge in [-0.05, 0) is 74.9 Å². The van der Waals surface area contributed by atoms with E-state index in [1.165, 1.54) is 0 Å². The van der Waals surface area contributed by atoms with Crippen LogP contribution in [-0.2, 0) is 0 Å². The summed E-state index contributed by atoms with van der Waals surface area (Å²) in [5.74, 6) is 0.715. The van der Waals surface area contributed by atoms with Gasteiger partial charge in [0.1, 0.15) is 0 Å². The van der Waals surface area contributed by atoms with E-state index in [0.717, 1.165) is 48.2 Å². The molecule has 1 saturated carbocycles. The molecule has 1 aliphatic carbocycles. The summed E-state index contributed by atoms with van der Waals surface area (Å²) < 4.78 is 0. The fourth-order valence-corrected chi connectivity index (χ4v) is 3.79. The van der Waals surface area contributed by atoms with Crippen LogP contribution in [0.1, 0.15) is 36.8 Å². The lowest BCUT2D eigenvalue weighted by Gasteiger charge is -2.23. The van der Waals surface area contributed by atoms with E-state index >= 15 is 0 Å². The highest BCUT2D eigenvalue weighted by Gasteiger charge is 2.21. The van der Waals surface area contributed by atoms with E-state index in [-0.39, 0.29) is 35.9 Å². The molecule has 3 rings (SSSR count). The lowest BCUT2D eigenvalue weighted by Crippen LogP contribution is -2.29. The average molecular weight is 463 g/mol. The van der Waals surface area contributed by atoms with Gasteiger partial charge in [-0.25, -0.2) is 9.98 Å². The topological polar surface area (TPSA) is 178 Å². The Hall–Kier alpha value is -4.08. The van der Waals surface area contributed by atoms with Crippen LogP contribution in [0.5, 0.6) is 0 Å². The van der Waals surface area contributed by atoms with Crippen molar-refractivity contribution in [3.63, 3.8) is 0 Å². The maximum absolute atomic E-state index is 5.99. The van der Waals surface area contributed by atoms with Crippen LogP contribution in [0.4, 0.5) is 11.4 Å². The van der Waals surface area contributed by atoms with Gasteiger partial charge in [-0.3, -0.25) is 0 Å². The molecule has 2 aromatic rings. The van der Waals surface area contributed by atoms with Crippen LogP contribution < -0.4 is 33.6 Å². The first-order valence-electron chi connectivity index (χ1n) is 11.3. The molecule has 0 heterocycles. The number of aryl methyl sites for hydroxylation is 2. The predicted octanol–water partition coefficient (Wildman–Crippen LogP) is 2.40. The number of nitrogens with zero attached hydrogens (tertiary/aromatic N) is 4. The molecule has 180 valence electrons. The van der Waals surface area contributed by atoms with Gasteiger partial charge in [0.25, 0.3) is 0 Å². The quantitative estimate of drug-likeness (QED) is 0.300. The summed E-state index contributed by atoms with van der Waals surface area (Å²) in [4.78, 5) is 17.3. The molecule has 0 bridgehead atoms. The van der Waals surface area contributed by atoms with Crippen LogP contribution in [0.3, 0.4) is 0 Å². The van der Waals surface area contributed by atoms with Crippen molar-refractivity contribution in [2.24, 2.45) is 42.9 Å². The van der Waals surface area contributed by atoms with Gasteiger partial charge in [0.2, 0.25) is 23.8 Å². The number of anilines is 2. The summed E-state index contributed by atoms with van der Waals surface area (Å²) in [6, 6.07) is 15.8. The number of nitrogens with two attached hydrogens (primary N) is 4. The van der Waals surface area contributed by atoms with Gasteiger partial charge < -0.3 is 33.6 Å². The third-order valence-corrected chi connectivity index (χ3v) is 5.35. The SMILES string of the molecule is Cc1cccc(N/C(N)=N/C(N)=NC2CCC(N=C(N)/N=C(\N)Nc3cccc(C)c3)CC2)c1. The molecule has 0 saturated heterocycles. The van der Waals surface area contributed by atoms with Crippen molar-refractivity contribution in [1.82, 2.24) is 0 Å². The van der Waals surface area contributed by atoms with E-state index in [1.807, 2.05) is 62.4 Å². The minimum Gasteiger partial charge on any atom is -0.369 e. The van der Waals surface area contributed by atoms with Crippen LogP contribution in [0, 0.1) is 13.8 Å². The van der Waals surface area contributed by atoms with E-state index in [4.69, 9.17) is 22.9 Å². The zero-order valence-electron chi connectivity index (χ0n) is 19.7. The zero-order valence-corrected chi connectivity index (χ0v) is 19.7. The van der Waals surface area contributed by atoms with Crippen molar-refractivity contribution in [2.45, 2.75) is 51.6 Å². The van der Waals surface area contributed by atoms with Crippen LogP contribution in [0.25, 0.3) is 0 Å². The van der Waals surface area contributed by atoms with Gasteiger partial charge in [-0.1, -0.05) is 24.3 Å². The molecule has 0 radical (unpaired) electrons. The Labute approximate surface area is 200 Å². The first-order chi connectivity index (χ1) is 16.3. The number of hydrogen-bond donors (Lipinski definition) is 6. The first kappa shape index (κ1) is 24.6. The van der Waals surface area contributed by atoms with Gasteiger partial charge in [0.15, 0.2) is 0 Å². The van der Waals surface area contributed by atoms with Crippen molar-refractivity contribution < 1.29 is 0 Å². The summed E-state index contributed by atoms with van der Waals surface area (Å²) in [6.45, 7) is 4.01. The van der Waals surface area contributed by atoms with Gasteiger partial charge in [-0.2, -0.15) is 9.98 Å². The lowest BCUT2D eigenvalue weighted by atomic mass is 9.92. The Morgan fingerprint density at radius 3 is 1.41 bits per heavy atom. The second-order valence-corrected chi connectivity index (χ2v) is 8.42. The highest BCUT2D eigenvalue weighted by atomic mass is 15.2. The number of aliphatic imine (C=N–C) groups is 4. The molecule has 0 amide bonds. The molecule has 34 heavy (non-hydrogen) atoms. The average Bonchev–Trinajstić information content (AvgIpc) is 2.74. The third kappa shape index (κ3) is 8.12. The Bertz CT molecular complexity index is 1010. The summed E-state index contributed by atoms with van der Waals surface area (Å²) >= 11 is 0. The molecular formula is C24H34N10. The highest BCUT2D eigenvalue weighted by Crippen LogP contribution is 2.23. The number of guanidine groups is 4. The second kappa shape index (κ2) is 11.7. The van der Waals surface area contributed by atoms with E-state index < -0.39 is 0 Å². The van der Waals surface area contributed by atoms with Crippen molar-refractivity contribution in [3.05, 3.63) is 59.7 Å². The van der Waals surface area contributed by atoms with Gasteiger partial charge in [-0.15, -0.1) is 0 Å². The molecule has 2 aromatic carbocycles. The molecule has 1 aliphatic rings. The Balaban J connectivity index is 1.49. The summed E-state index contributed by atoms with van der Waals surface area (Å²) in [6.07, 6.45) is 3.29. The van der Waals surface area contributed by atoms with Gasteiger partial charge in [0.05, 0.1) is 12.1 Å². The Kier molecular flexibility index (Phi) is 8.44. The molecule has 0 aromatic heterocycles. The largest absolute Gasteiger partial charge is 0.369 e. The van der Waals surface area contributed by atoms with Crippen LogP contribution in [-0.4, -0.2) is 35.9 Å². The number of rotatable bonds is 4. The van der Waals surface area contributed by atoms with Crippen LogP contribution in [0.2, 0.25) is 0 Å². The maximum atomic E-state index is 5.99. The fourth-order valence-electron chi connectivity index (χ4n) is 3.79. The summed E-state index contributed by atoms with van der Waals surface area (Å²) in [7, 11) is 0. The van der Waals surface area contributed by atoms with Crippen molar-refractivity contribution in [2.75, 3.05) is 10.6 Å². The second-order valence-electron chi connectivity index (χ2n) is 8.42. The fraction of sp³-hybridized carbons (Fsp3) is 0.333. The zero-order chi connectivity index (χ0) is 24.5. The smallest absolute Gasteiger partial charge is 0.218 e. The molecule has 10 nitrogen and oxygen atoms in total. The highest BCUT2D eigenvalue weighted by molar-refractivity contribution is 6.01. The Morgan fingerprint density at radius 1 is 0.676 bits per heavy atom. The molecule has 0 atom stereocenters. The lowest BCUT2D eigenvalue weighted by molar-refractivity contribution is 0.397. The minimum absolute atomic E-state index is 0.0692. The third-order valence-electron chi connectivity index (χ3n) is 5.35. The van der Waals surface area contributed by atoms with Crippen molar-refractivity contribution >= 4 is 35.2 Å². The summed E-state index contributed by atoms with van der Waals surface area (Å²) in [5.41, 5.74) is 27.8. The van der Waals surface area contributed by atoms with Crippen LogP contribution in [0.15, 0.2) is 68.5 Å². The first-order valence-corrected chi connectivity index (χ1v) is 11.3.